The summed E-state index contributed by atoms with van der Waals surface area (Å²) in [5.74, 6) is 0. The highest BCUT2D eigenvalue weighted by atomic mass is 32.2. The third-order valence-electron chi connectivity index (χ3n) is 3.89. The van der Waals surface area contributed by atoms with E-state index in [1.807, 2.05) is 0 Å². The second-order valence-electron chi connectivity index (χ2n) is 5.71. The number of aryl methyl sites for hydroxylation is 2. The van der Waals surface area contributed by atoms with E-state index in [0.717, 1.165) is 4.91 Å². The van der Waals surface area contributed by atoms with Crippen molar-refractivity contribution in [3.63, 3.8) is 0 Å². The fraction of sp³-hybridized carbons (Fsp3) is 0.500. The third kappa shape index (κ3) is 7.57. The van der Waals surface area contributed by atoms with Gasteiger partial charge < -0.3 is 0 Å². The number of hydrogen-bond donors (Lipinski definition) is 0. The van der Waals surface area contributed by atoms with E-state index in [0.29, 0.717) is 0 Å². The van der Waals surface area contributed by atoms with Gasteiger partial charge in [0.2, 0.25) is 0 Å². The predicted octanol–water partition coefficient (Wildman–Crippen LogP) is 6.79. The number of hydrogen-bond acceptors (Lipinski definition) is 1. The quantitative estimate of drug-likeness (QED) is 0.339. The van der Waals surface area contributed by atoms with Crippen LogP contribution >= 0.6 is 11.8 Å². The molecule has 0 N–H and O–H groups in total. The number of thioether (sulfide) groups is 1. The van der Waals surface area contributed by atoms with Crippen LogP contribution in [0.4, 0.5) is 0 Å². The molecule has 0 aromatic heterocycles. The minimum absolute atomic E-state index is 1.10. The van der Waals surface area contributed by atoms with Crippen molar-refractivity contribution in [2.24, 2.45) is 0 Å². The maximum atomic E-state index is 3.98. The van der Waals surface area contributed by atoms with Crippen molar-refractivity contribution in [1.29, 1.82) is 0 Å². The molecule has 0 spiro atoms. The van der Waals surface area contributed by atoms with Gasteiger partial charge in [0.1, 0.15) is 0 Å². The Hall–Kier alpha value is -0.950. The van der Waals surface area contributed by atoms with Gasteiger partial charge in [-0.2, -0.15) is 0 Å². The van der Waals surface area contributed by atoms with Crippen LogP contribution in [-0.4, -0.2) is 6.26 Å². The maximum absolute atomic E-state index is 3.98. The molecule has 0 nitrogen and oxygen atoms in total. The van der Waals surface area contributed by atoms with Gasteiger partial charge >= 0.3 is 0 Å². The van der Waals surface area contributed by atoms with E-state index in [1.54, 1.807) is 11.8 Å². The van der Waals surface area contributed by atoms with Crippen molar-refractivity contribution < 1.29 is 0 Å². The normalized spacial score (nSPS) is 11.2. The Morgan fingerprint density at radius 2 is 1.86 bits per heavy atom. The summed E-state index contributed by atoms with van der Waals surface area (Å²) in [4.78, 5) is 1.10. The molecule has 1 aromatic carbocycles. The van der Waals surface area contributed by atoms with Crippen LogP contribution in [0.25, 0.3) is 6.08 Å². The SMILES string of the molecule is C=C(/C=C/c1ccc(CCCCCCCC)c(C)c1)SC. The summed E-state index contributed by atoms with van der Waals surface area (Å²) in [6, 6.07) is 6.81. The van der Waals surface area contributed by atoms with E-state index in [-0.39, 0.29) is 0 Å². The van der Waals surface area contributed by atoms with Crippen molar-refractivity contribution >= 4 is 17.8 Å². The van der Waals surface area contributed by atoms with Gasteiger partial charge in [0.15, 0.2) is 0 Å². The average Bonchev–Trinajstić information content (AvgIpc) is 2.49. The first-order valence-electron chi connectivity index (χ1n) is 8.18. The first-order valence-corrected chi connectivity index (χ1v) is 9.40. The molecule has 0 aliphatic rings. The Kier molecular flexibility index (Phi) is 9.25. The molecule has 0 saturated heterocycles. The fourth-order valence-corrected chi connectivity index (χ4v) is 2.66. The Morgan fingerprint density at radius 3 is 2.52 bits per heavy atom. The second kappa shape index (κ2) is 10.7. The van der Waals surface area contributed by atoms with E-state index < -0.39 is 0 Å². The summed E-state index contributed by atoms with van der Waals surface area (Å²) in [6.07, 6.45) is 15.7. The van der Waals surface area contributed by atoms with Crippen molar-refractivity contribution in [2.75, 3.05) is 6.26 Å². The lowest BCUT2D eigenvalue weighted by molar-refractivity contribution is 0.607. The molecule has 0 aliphatic carbocycles. The van der Waals surface area contributed by atoms with Crippen LogP contribution in [0.15, 0.2) is 35.8 Å². The van der Waals surface area contributed by atoms with Crippen LogP contribution in [0.2, 0.25) is 0 Å². The zero-order valence-electron chi connectivity index (χ0n) is 14.0. The lowest BCUT2D eigenvalue weighted by atomic mass is 9.99. The molecule has 0 unspecified atom stereocenters. The number of benzene rings is 1. The van der Waals surface area contributed by atoms with E-state index in [2.05, 4.69) is 57.0 Å². The Labute approximate surface area is 135 Å². The summed E-state index contributed by atoms with van der Waals surface area (Å²) in [7, 11) is 0. The monoisotopic (exact) mass is 302 g/mol. The Balaban J connectivity index is 2.43. The van der Waals surface area contributed by atoms with Crippen LogP contribution in [-0.2, 0) is 6.42 Å². The molecule has 0 bridgehead atoms. The minimum atomic E-state index is 1.10. The molecular weight excluding hydrogens is 272 g/mol. The van der Waals surface area contributed by atoms with Crippen LogP contribution in [0.5, 0.6) is 0 Å². The zero-order valence-corrected chi connectivity index (χ0v) is 14.8. The topological polar surface area (TPSA) is 0 Å². The molecule has 1 aromatic rings. The van der Waals surface area contributed by atoms with Gasteiger partial charge in [-0.3, -0.25) is 0 Å². The van der Waals surface area contributed by atoms with Gasteiger partial charge in [-0.25, -0.2) is 0 Å². The lowest BCUT2D eigenvalue weighted by Gasteiger charge is -2.07. The van der Waals surface area contributed by atoms with Crippen molar-refractivity contribution in [3.8, 4) is 0 Å². The number of allylic oxidation sites excluding steroid dienone is 1. The van der Waals surface area contributed by atoms with E-state index >= 15 is 0 Å². The smallest absolute Gasteiger partial charge is 0.000264 e. The highest BCUT2D eigenvalue weighted by Crippen LogP contribution is 2.18. The fourth-order valence-electron chi connectivity index (χ4n) is 2.46. The maximum Gasteiger partial charge on any atom is -0.000264 e. The molecule has 0 fully saturated rings. The van der Waals surface area contributed by atoms with Crippen molar-refractivity contribution in [1.82, 2.24) is 0 Å². The van der Waals surface area contributed by atoms with E-state index in [9.17, 15) is 0 Å². The predicted molar refractivity (Wildman–Crippen MR) is 99.9 cm³/mol. The van der Waals surface area contributed by atoms with Crippen LogP contribution in [0, 0.1) is 6.92 Å². The van der Waals surface area contributed by atoms with Gasteiger partial charge in [-0.05, 0) is 53.7 Å². The standard InChI is InChI=1S/C20H30S/c1-5-6-7-8-9-10-11-20-15-14-19(16-17(20)2)13-12-18(3)21-4/h12-16H,3,5-11H2,1-2,4H3/b13-12+. The zero-order chi connectivity index (χ0) is 15.5. The molecular formula is C20H30S. The van der Waals surface area contributed by atoms with E-state index in [1.165, 1.54) is 61.6 Å². The number of unbranched alkanes of at least 4 members (excludes halogenated alkanes) is 5. The lowest BCUT2D eigenvalue weighted by Crippen LogP contribution is -1.91. The van der Waals surface area contributed by atoms with Crippen LogP contribution in [0.1, 0.15) is 62.1 Å². The van der Waals surface area contributed by atoms with Gasteiger partial charge in [-0.15, -0.1) is 11.8 Å². The largest absolute Gasteiger partial charge is 0.130 e. The highest BCUT2D eigenvalue weighted by Gasteiger charge is 1.99. The van der Waals surface area contributed by atoms with Gasteiger partial charge in [-0.1, -0.05) is 69.9 Å². The second-order valence-corrected chi connectivity index (χ2v) is 6.64. The van der Waals surface area contributed by atoms with Gasteiger partial charge in [0.05, 0.1) is 0 Å². The van der Waals surface area contributed by atoms with Gasteiger partial charge in [0.25, 0.3) is 0 Å². The van der Waals surface area contributed by atoms with Crippen molar-refractivity contribution in [2.45, 2.75) is 58.8 Å². The van der Waals surface area contributed by atoms with Gasteiger partial charge in [0, 0.05) is 0 Å². The molecule has 0 saturated carbocycles. The molecule has 21 heavy (non-hydrogen) atoms. The highest BCUT2D eigenvalue weighted by molar-refractivity contribution is 8.02. The average molecular weight is 303 g/mol. The van der Waals surface area contributed by atoms with Crippen molar-refractivity contribution in [3.05, 3.63) is 52.4 Å². The minimum Gasteiger partial charge on any atom is -0.130 e. The van der Waals surface area contributed by atoms with Crippen LogP contribution in [0.3, 0.4) is 0 Å². The number of rotatable bonds is 10. The Bertz CT molecular complexity index is 457. The molecule has 116 valence electrons. The molecule has 0 heterocycles. The first-order chi connectivity index (χ1) is 10.2. The third-order valence-corrected chi connectivity index (χ3v) is 4.55. The molecule has 0 aliphatic heterocycles. The molecule has 0 amide bonds. The molecule has 1 rings (SSSR count). The summed E-state index contributed by atoms with van der Waals surface area (Å²) >= 11 is 1.69. The molecule has 1 heteroatoms. The molecule has 0 radical (unpaired) electrons. The summed E-state index contributed by atoms with van der Waals surface area (Å²) in [5, 5.41) is 0. The molecule has 0 atom stereocenters. The summed E-state index contributed by atoms with van der Waals surface area (Å²) in [5.41, 5.74) is 4.20. The Morgan fingerprint density at radius 1 is 1.14 bits per heavy atom. The van der Waals surface area contributed by atoms with E-state index in [4.69, 9.17) is 0 Å². The first kappa shape index (κ1) is 18.1. The van der Waals surface area contributed by atoms with Crippen LogP contribution < -0.4 is 0 Å². The summed E-state index contributed by atoms with van der Waals surface area (Å²) < 4.78 is 0. The summed E-state index contributed by atoms with van der Waals surface area (Å²) in [6.45, 7) is 8.48.